The van der Waals surface area contributed by atoms with Crippen LogP contribution in [0.1, 0.15) is 39.9 Å². The van der Waals surface area contributed by atoms with Gasteiger partial charge in [0, 0.05) is 29.8 Å². The molecule has 22 heavy (non-hydrogen) atoms. The minimum absolute atomic E-state index is 0.00991. The lowest BCUT2D eigenvalue weighted by atomic mass is 9.99. The first-order valence-electron chi connectivity index (χ1n) is 7.91. The van der Waals surface area contributed by atoms with Crippen molar-refractivity contribution in [3.05, 3.63) is 45.6 Å². The van der Waals surface area contributed by atoms with Crippen LogP contribution in [-0.4, -0.2) is 19.5 Å². The molecule has 1 aromatic carbocycles. The molecule has 1 aromatic heterocycles. The van der Waals surface area contributed by atoms with Crippen LogP contribution in [0.5, 0.6) is 0 Å². The van der Waals surface area contributed by atoms with Crippen molar-refractivity contribution in [2.75, 3.05) is 23.8 Å². The van der Waals surface area contributed by atoms with Gasteiger partial charge in [-0.2, -0.15) is 0 Å². The molecule has 0 bridgehead atoms. The summed E-state index contributed by atoms with van der Waals surface area (Å²) in [5.74, 6) is 0.00991. The summed E-state index contributed by atoms with van der Waals surface area (Å²) in [7, 11) is 2.05. The Labute approximate surface area is 136 Å². The fraction of sp³-hybridized carbons (Fsp3) is 0.389. The Hall–Kier alpha value is -1.81. The van der Waals surface area contributed by atoms with Gasteiger partial charge in [0.1, 0.15) is 0 Å². The highest BCUT2D eigenvalue weighted by atomic mass is 32.1. The molecule has 3 nitrogen and oxygen atoms in total. The number of nitrogens with one attached hydrogen (secondary N) is 1. The number of carbonyl (C=O) groups excluding carboxylic acids is 1. The van der Waals surface area contributed by atoms with Gasteiger partial charge >= 0.3 is 0 Å². The van der Waals surface area contributed by atoms with Crippen molar-refractivity contribution in [1.29, 1.82) is 0 Å². The average molecular weight is 314 g/mol. The third kappa shape index (κ3) is 3.17. The molecule has 1 aliphatic rings. The van der Waals surface area contributed by atoms with Gasteiger partial charge in [-0.25, -0.2) is 0 Å². The standard InChI is InChI=1S/C18H22N2OS/c1-3-20(2)15-9-6-8-14(12-15)19-18(21)17-11-13-7-4-5-10-16(13)22-17/h6,8-9,11-12H,3-5,7,10H2,1-2H3,(H,19,21). The van der Waals surface area contributed by atoms with E-state index >= 15 is 0 Å². The molecule has 1 heterocycles. The lowest BCUT2D eigenvalue weighted by Gasteiger charge is -2.17. The summed E-state index contributed by atoms with van der Waals surface area (Å²) in [4.78, 5) is 16.9. The number of thiophene rings is 1. The summed E-state index contributed by atoms with van der Waals surface area (Å²) in [6.45, 7) is 3.05. The molecule has 116 valence electrons. The van der Waals surface area contributed by atoms with E-state index in [4.69, 9.17) is 0 Å². The largest absolute Gasteiger partial charge is 0.375 e. The van der Waals surface area contributed by atoms with Crippen LogP contribution in [0.2, 0.25) is 0 Å². The second-order valence-electron chi connectivity index (χ2n) is 5.78. The second-order valence-corrected chi connectivity index (χ2v) is 6.92. The molecule has 2 aromatic rings. The molecule has 0 aliphatic heterocycles. The summed E-state index contributed by atoms with van der Waals surface area (Å²) in [6.07, 6.45) is 4.75. The first-order valence-corrected chi connectivity index (χ1v) is 8.73. The van der Waals surface area contributed by atoms with Crippen molar-refractivity contribution < 1.29 is 4.79 Å². The fourth-order valence-electron chi connectivity index (χ4n) is 2.80. The zero-order chi connectivity index (χ0) is 15.5. The van der Waals surface area contributed by atoms with Gasteiger partial charge in [-0.15, -0.1) is 11.3 Å². The normalized spacial score (nSPS) is 13.5. The Balaban J connectivity index is 1.75. The van der Waals surface area contributed by atoms with Crippen LogP contribution in [-0.2, 0) is 12.8 Å². The Kier molecular flexibility index (Phi) is 4.48. The fourth-order valence-corrected chi connectivity index (χ4v) is 3.95. The maximum atomic E-state index is 12.5. The van der Waals surface area contributed by atoms with Crippen molar-refractivity contribution in [2.24, 2.45) is 0 Å². The zero-order valence-corrected chi connectivity index (χ0v) is 14.0. The van der Waals surface area contributed by atoms with E-state index in [2.05, 4.69) is 29.3 Å². The first-order chi connectivity index (χ1) is 10.7. The topological polar surface area (TPSA) is 32.3 Å². The number of rotatable bonds is 4. The lowest BCUT2D eigenvalue weighted by molar-refractivity contribution is 0.103. The van der Waals surface area contributed by atoms with E-state index in [0.717, 1.165) is 35.6 Å². The molecule has 0 fully saturated rings. The van der Waals surface area contributed by atoms with Gasteiger partial charge < -0.3 is 10.2 Å². The number of anilines is 2. The van der Waals surface area contributed by atoms with Crippen LogP contribution in [0.15, 0.2) is 30.3 Å². The summed E-state index contributed by atoms with van der Waals surface area (Å²) < 4.78 is 0. The van der Waals surface area contributed by atoms with Crippen LogP contribution in [0.3, 0.4) is 0 Å². The lowest BCUT2D eigenvalue weighted by Crippen LogP contribution is -2.16. The number of fused-ring (bicyclic) bond motifs is 1. The van der Waals surface area contributed by atoms with Crippen molar-refractivity contribution >= 4 is 28.6 Å². The molecule has 1 aliphatic carbocycles. The van der Waals surface area contributed by atoms with Gasteiger partial charge in [0.2, 0.25) is 0 Å². The maximum Gasteiger partial charge on any atom is 0.265 e. The predicted octanol–water partition coefficient (Wildman–Crippen LogP) is 4.34. The molecule has 0 saturated carbocycles. The van der Waals surface area contributed by atoms with Crippen LogP contribution in [0.25, 0.3) is 0 Å². The van der Waals surface area contributed by atoms with E-state index in [1.165, 1.54) is 23.3 Å². The zero-order valence-electron chi connectivity index (χ0n) is 13.2. The van der Waals surface area contributed by atoms with E-state index in [1.54, 1.807) is 11.3 Å². The number of carbonyl (C=O) groups is 1. The first kappa shape index (κ1) is 15.1. The number of aryl methyl sites for hydroxylation is 2. The Morgan fingerprint density at radius 1 is 1.27 bits per heavy atom. The SMILES string of the molecule is CCN(C)c1cccc(NC(=O)c2cc3c(s2)CCCC3)c1. The molecule has 0 unspecified atom stereocenters. The van der Waals surface area contributed by atoms with Gasteiger partial charge in [0.05, 0.1) is 4.88 Å². The smallest absolute Gasteiger partial charge is 0.265 e. The van der Waals surface area contributed by atoms with Crippen molar-refractivity contribution in [3.63, 3.8) is 0 Å². The van der Waals surface area contributed by atoms with Crippen LogP contribution >= 0.6 is 11.3 Å². The highest BCUT2D eigenvalue weighted by Crippen LogP contribution is 2.30. The average Bonchev–Trinajstić information content (AvgIpc) is 2.98. The third-order valence-corrected chi connectivity index (χ3v) is 5.48. The molecule has 4 heteroatoms. The summed E-state index contributed by atoms with van der Waals surface area (Å²) in [5.41, 5.74) is 3.35. The maximum absolute atomic E-state index is 12.5. The van der Waals surface area contributed by atoms with Gasteiger partial charge in [-0.3, -0.25) is 4.79 Å². The minimum atomic E-state index is 0.00991. The third-order valence-electron chi connectivity index (χ3n) is 4.24. The highest BCUT2D eigenvalue weighted by Gasteiger charge is 2.17. The summed E-state index contributed by atoms with van der Waals surface area (Å²) >= 11 is 1.66. The molecule has 3 rings (SSSR count). The Bertz CT molecular complexity index is 654. The van der Waals surface area contributed by atoms with Crippen LogP contribution in [0, 0.1) is 0 Å². The van der Waals surface area contributed by atoms with Crippen molar-refractivity contribution in [1.82, 2.24) is 0 Å². The number of nitrogens with zero attached hydrogens (tertiary/aromatic N) is 1. The van der Waals surface area contributed by atoms with Gasteiger partial charge in [-0.05, 0) is 62.4 Å². The Morgan fingerprint density at radius 3 is 2.86 bits per heavy atom. The number of hydrogen-bond acceptors (Lipinski definition) is 3. The van der Waals surface area contributed by atoms with E-state index in [1.807, 2.05) is 25.2 Å². The molecule has 0 saturated heterocycles. The Morgan fingerprint density at radius 2 is 2.09 bits per heavy atom. The van der Waals surface area contributed by atoms with Crippen LogP contribution in [0.4, 0.5) is 11.4 Å². The molecular weight excluding hydrogens is 292 g/mol. The molecule has 1 N–H and O–H groups in total. The minimum Gasteiger partial charge on any atom is -0.375 e. The number of hydrogen-bond donors (Lipinski definition) is 1. The summed E-state index contributed by atoms with van der Waals surface area (Å²) in [5, 5.41) is 3.03. The van der Waals surface area contributed by atoms with E-state index in [-0.39, 0.29) is 5.91 Å². The second kappa shape index (κ2) is 6.53. The highest BCUT2D eigenvalue weighted by molar-refractivity contribution is 7.14. The molecule has 0 spiro atoms. The van der Waals surface area contributed by atoms with Gasteiger partial charge in [0.25, 0.3) is 5.91 Å². The summed E-state index contributed by atoms with van der Waals surface area (Å²) in [6, 6.07) is 10.1. The predicted molar refractivity (Wildman–Crippen MR) is 94.3 cm³/mol. The quantitative estimate of drug-likeness (QED) is 0.910. The van der Waals surface area contributed by atoms with Crippen LogP contribution < -0.4 is 10.2 Å². The number of benzene rings is 1. The molecule has 0 atom stereocenters. The monoisotopic (exact) mass is 314 g/mol. The molecule has 1 amide bonds. The van der Waals surface area contributed by atoms with Gasteiger partial charge in [0.15, 0.2) is 0 Å². The molecule has 0 radical (unpaired) electrons. The van der Waals surface area contributed by atoms with Crippen molar-refractivity contribution in [3.8, 4) is 0 Å². The van der Waals surface area contributed by atoms with Crippen molar-refractivity contribution in [2.45, 2.75) is 32.6 Å². The number of amides is 1. The van der Waals surface area contributed by atoms with Gasteiger partial charge in [-0.1, -0.05) is 6.07 Å². The van der Waals surface area contributed by atoms with E-state index in [0.29, 0.717) is 0 Å². The van der Waals surface area contributed by atoms with E-state index < -0.39 is 0 Å². The molecular formula is C18H22N2OS. The van der Waals surface area contributed by atoms with E-state index in [9.17, 15) is 4.79 Å².